The first kappa shape index (κ1) is 22.9. The zero-order chi connectivity index (χ0) is 18.0. The van der Waals surface area contributed by atoms with E-state index in [2.05, 4.69) is 13.8 Å². The van der Waals surface area contributed by atoms with Crippen LogP contribution in [0.2, 0.25) is 0 Å². The third kappa shape index (κ3) is 14.5. The molecule has 0 amide bonds. The monoisotopic (exact) mass is 344 g/mol. The Morgan fingerprint density at radius 2 is 1.29 bits per heavy atom. The third-order valence-electron chi connectivity index (χ3n) is 3.90. The van der Waals surface area contributed by atoms with E-state index in [9.17, 15) is 14.7 Å². The predicted molar refractivity (Wildman–Crippen MR) is 94.7 cm³/mol. The maximum Gasteiger partial charge on any atom is 0.306 e. The summed E-state index contributed by atoms with van der Waals surface area (Å²) < 4.78 is 10.2. The Balaban J connectivity index is 3.70. The van der Waals surface area contributed by atoms with Gasteiger partial charge >= 0.3 is 11.9 Å². The van der Waals surface area contributed by atoms with Gasteiger partial charge in [0.15, 0.2) is 6.10 Å². The van der Waals surface area contributed by atoms with Crippen LogP contribution in [0.5, 0.6) is 0 Å². The lowest BCUT2D eigenvalue weighted by molar-refractivity contribution is -0.161. The van der Waals surface area contributed by atoms with Crippen LogP contribution in [0.25, 0.3) is 0 Å². The second-order valence-electron chi connectivity index (χ2n) is 6.31. The predicted octanol–water partition coefficient (Wildman–Crippen LogP) is 4.15. The summed E-state index contributed by atoms with van der Waals surface area (Å²) in [6.45, 7) is 3.86. The number of carbonyl (C=O) groups is 2. The summed E-state index contributed by atoms with van der Waals surface area (Å²) in [6.07, 6.45) is 10.8. The first-order valence-electron chi connectivity index (χ1n) is 9.59. The van der Waals surface area contributed by atoms with Gasteiger partial charge in [0.1, 0.15) is 6.61 Å². The number of aliphatic hydroxyl groups excluding tert-OH is 1. The number of esters is 2. The van der Waals surface area contributed by atoms with Crippen LogP contribution < -0.4 is 0 Å². The summed E-state index contributed by atoms with van der Waals surface area (Å²) in [7, 11) is 0. The highest BCUT2D eigenvalue weighted by Gasteiger charge is 2.15. The molecule has 0 saturated heterocycles. The molecular weight excluding hydrogens is 308 g/mol. The number of unbranched alkanes of at least 4 members (excludes halogenated alkanes) is 8. The molecular formula is C19H36O5. The highest BCUT2D eigenvalue weighted by atomic mass is 16.6. The second-order valence-corrected chi connectivity index (χ2v) is 6.31. The van der Waals surface area contributed by atoms with Gasteiger partial charge in [-0.05, 0) is 12.8 Å². The molecule has 1 atom stereocenters. The molecule has 0 saturated carbocycles. The van der Waals surface area contributed by atoms with Crippen LogP contribution in [0.3, 0.4) is 0 Å². The third-order valence-corrected chi connectivity index (χ3v) is 3.90. The van der Waals surface area contributed by atoms with Crippen molar-refractivity contribution in [3.05, 3.63) is 0 Å². The topological polar surface area (TPSA) is 72.8 Å². The van der Waals surface area contributed by atoms with E-state index in [-0.39, 0.29) is 25.2 Å². The Morgan fingerprint density at radius 3 is 1.92 bits per heavy atom. The Kier molecular flexibility index (Phi) is 16.0. The number of carbonyl (C=O) groups excluding carboxylic acids is 2. The largest absolute Gasteiger partial charge is 0.462 e. The molecule has 0 spiro atoms. The quantitative estimate of drug-likeness (QED) is 0.336. The van der Waals surface area contributed by atoms with Gasteiger partial charge in [0.25, 0.3) is 0 Å². The molecule has 0 bridgehead atoms. The molecule has 0 aliphatic heterocycles. The zero-order valence-electron chi connectivity index (χ0n) is 15.6. The number of hydrogen-bond donors (Lipinski definition) is 1. The standard InChI is InChI=1S/C19H36O5/c1-3-5-7-8-9-10-12-14-19(22)24-17(15-20)16-23-18(21)13-11-6-4-2/h17,20H,3-16H2,1-2H3. The van der Waals surface area contributed by atoms with Crippen molar-refractivity contribution in [1.29, 1.82) is 0 Å². The van der Waals surface area contributed by atoms with E-state index >= 15 is 0 Å². The summed E-state index contributed by atoms with van der Waals surface area (Å²) in [6, 6.07) is 0. The Bertz CT molecular complexity index is 317. The number of rotatable bonds is 16. The van der Waals surface area contributed by atoms with Crippen molar-refractivity contribution < 1.29 is 24.2 Å². The molecule has 0 radical (unpaired) electrons. The van der Waals surface area contributed by atoms with Gasteiger partial charge in [0.2, 0.25) is 0 Å². The molecule has 0 fully saturated rings. The number of aliphatic hydroxyl groups is 1. The Morgan fingerprint density at radius 1 is 0.792 bits per heavy atom. The van der Waals surface area contributed by atoms with E-state index in [1.165, 1.54) is 25.7 Å². The van der Waals surface area contributed by atoms with Crippen LogP contribution in [-0.4, -0.2) is 36.4 Å². The van der Waals surface area contributed by atoms with Crippen molar-refractivity contribution in [3.63, 3.8) is 0 Å². The lowest BCUT2D eigenvalue weighted by atomic mass is 10.1. The minimum atomic E-state index is -0.753. The van der Waals surface area contributed by atoms with Gasteiger partial charge in [-0.3, -0.25) is 9.59 Å². The first-order chi connectivity index (χ1) is 11.6. The highest BCUT2D eigenvalue weighted by molar-refractivity contribution is 5.70. The highest BCUT2D eigenvalue weighted by Crippen LogP contribution is 2.09. The van der Waals surface area contributed by atoms with Crippen molar-refractivity contribution >= 4 is 11.9 Å². The van der Waals surface area contributed by atoms with Gasteiger partial charge in [-0.25, -0.2) is 0 Å². The van der Waals surface area contributed by atoms with Gasteiger partial charge in [-0.15, -0.1) is 0 Å². The molecule has 24 heavy (non-hydrogen) atoms. The van der Waals surface area contributed by atoms with Crippen LogP contribution in [0, 0.1) is 0 Å². The fourth-order valence-corrected chi connectivity index (χ4v) is 2.37. The fraction of sp³-hybridized carbons (Fsp3) is 0.895. The molecule has 0 aromatic heterocycles. The number of hydrogen-bond acceptors (Lipinski definition) is 5. The minimum Gasteiger partial charge on any atom is -0.462 e. The van der Waals surface area contributed by atoms with Crippen molar-refractivity contribution in [1.82, 2.24) is 0 Å². The molecule has 0 aromatic rings. The first-order valence-corrected chi connectivity index (χ1v) is 9.59. The van der Waals surface area contributed by atoms with E-state index < -0.39 is 6.10 Å². The lowest BCUT2D eigenvalue weighted by Crippen LogP contribution is -2.28. The molecule has 1 unspecified atom stereocenters. The average Bonchev–Trinajstić information content (AvgIpc) is 2.58. The molecule has 5 heteroatoms. The van der Waals surface area contributed by atoms with E-state index in [0.29, 0.717) is 12.8 Å². The lowest BCUT2D eigenvalue weighted by Gasteiger charge is -2.15. The second kappa shape index (κ2) is 16.7. The summed E-state index contributed by atoms with van der Waals surface area (Å²) >= 11 is 0. The molecule has 0 aliphatic carbocycles. The van der Waals surface area contributed by atoms with Crippen LogP contribution in [0.1, 0.15) is 90.9 Å². The van der Waals surface area contributed by atoms with Crippen LogP contribution in [0.4, 0.5) is 0 Å². The van der Waals surface area contributed by atoms with Crippen molar-refractivity contribution in [2.75, 3.05) is 13.2 Å². The molecule has 5 nitrogen and oxygen atoms in total. The van der Waals surface area contributed by atoms with E-state index in [1.54, 1.807) is 0 Å². The Labute approximate surface area is 147 Å². The van der Waals surface area contributed by atoms with Crippen LogP contribution in [-0.2, 0) is 19.1 Å². The zero-order valence-corrected chi connectivity index (χ0v) is 15.6. The van der Waals surface area contributed by atoms with Gasteiger partial charge in [-0.1, -0.05) is 65.2 Å². The number of ether oxygens (including phenoxy) is 2. The molecule has 0 aliphatic rings. The molecule has 0 aromatic carbocycles. The van der Waals surface area contributed by atoms with Crippen LogP contribution >= 0.6 is 0 Å². The summed E-state index contributed by atoms with van der Waals surface area (Å²) in [5, 5.41) is 9.23. The molecule has 0 rings (SSSR count). The molecule has 1 N–H and O–H groups in total. The van der Waals surface area contributed by atoms with Gasteiger partial charge in [-0.2, -0.15) is 0 Å². The summed E-state index contributed by atoms with van der Waals surface area (Å²) in [4.78, 5) is 23.2. The maximum atomic E-state index is 11.7. The fourth-order valence-electron chi connectivity index (χ4n) is 2.37. The normalized spacial score (nSPS) is 12.0. The van der Waals surface area contributed by atoms with Crippen molar-refractivity contribution in [2.45, 2.75) is 97.0 Å². The van der Waals surface area contributed by atoms with E-state index in [4.69, 9.17) is 9.47 Å². The van der Waals surface area contributed by atoms with E-state index in [0.717, 1.165) is 38.5 Å². The molecule has 142 valence electrons. The molecule has 0 heterocycles. The van der Waals surface area contributed by atoms with Crippen LogP contribution in [0.15, 0.2) is 0 Å². The maximum absolute atomic E-state index is 11.7. The smallest absolute Gasteiger partial charge is 0.306 e. The van der Waals surface area contributed by atoms with Crippen molar-refractivity contribution in [2.24, 2.45) is 0 Å². The summed E-state index contributed by atoms with van der Waals surface area (Å²) in [5.41, 5.74) is 0. The Hall–Kier alpha value is -1.10. The van der Waals surface area contributed by atoms with Gasteiger partial charge in [0.05, 0.1) is 6.61 Å². The summed E-state index contributed by atoms with van der Waals surface area (Å²) in [5.74, 6) is -0.630. The van der Waals surface area contributed by atoms with E-state index in [1.807, 2.05) is 0 Å². The average molecular weight is 344 g/mol. The van der Waals surface area contributed by atoms with Gasteiger partial charge < -0.3 is 14.6 Å². The SMILES string of the molecule is CCCCCCCCCC(=O)OC(CO)COC(=O)CCCCC. The van der Waals surface area contributed by atoms with Gasteiger partial charge in [0, 0.05) is 12.8 Å². The van der Waals surface area contributed by atoms with Crippen molar-refractivity contribution in [3.8, 4) is 0 Å². The minimum absolute atomic E-state index is 0.0653.